The minimum atomic E-state index is -0.777. The predicted octanol–water partition coefficient (Wildman–Crippen LogP) is 4.21. The number of rotatable bonds is 2. The normalized spacial score (nSPS) is 30.7. The fraction of sp³-hybridized carbons (Fsp3) is 0.600. The van der Waals surface area contributed by atoms with Crippen LogP contribution in [0.5, 0.6) is 0 Å². The van der Waals surface area contributed by atoms with Crippen molar-refractivity contribution < 1.29 is 9.50 Å². The molecule has 0 bridgehead atoms. The molecule has 1 aromatic carbocycles. The summed E-state index contributed by atoms with van der Waals surface area (Å²) in [6.07, 6.45) is 2.14. The van der Waals surface area contributed by atoms with Crippen molar-refractivity contribution in [3.63, 3.8) is 0 Å². The van der Waals surface area contributed by atoms with Gasteiger partial charge >= 0.3 is 0 Å². The number of benzene rings is 1. The smallest absolute Gasteiger partial charge is 0.142 e. The largest absolute Gasteiger partial charge is 0.389 e. The van der Waals surface area contributed by atoms with E-state index < -0.39 is 11.4 Å². The fourth-order valence-electron chi connectivity index (χ4n) is 3.35. The third kappa shape index (κ3) is 2.55. The lowest BCUT2D eigenvalue weighted by Gasteiger charge is -2.29. The molecule has 1 N–H and O–H groups in total. The molecule has 0 spiro atoms. The summed E-state index contributed by atoms with van der Waals surface area (Å²) in [5.74, 6) is -0.213. The van der Waals surface area contributed by atoms with Crippen LogP contribution in [0, 0.1) is 17.2 Å². The van der Waals surface area contributed by atoms with Crippen molar-refractivity contribution in [2.45, 2.75) is 45.6 Å². The predicted molar refractivity (Wildman–Crippen MR) is 72.2 cm³/mol. The summed E-state index contributed by atoms with van der Waals surface area (Å²) in [7, 11) is 0. The molecule has 0 radical (unpaired) electrons. The van der Waals surface area contributed by atoms with Crippen molar-refractivity contribution in [3.05, 3.63) is 34.6 Å². The molecule has 100 valence electrons. The molecule has 2 rings (SSSR count). The van der Waals surface area contributed by atoms with E-state index in [0.29, 0.717) is 12.0 Å². The van der Waals surface area contributed by atoms with Crippen molar-refractivity contribution in [1.82, 2.24) is 0 Å². The Bertz CT molecular complexity index is 458. The minimum absolute atomic E-state index is 0.133. The number of aliphatic hydroxyl groups is 1. The van der Waals surface area contributed by atoms with E-state index in [1.165, 1.54) is 6.07 Å². The van der Waals surface area contributed by atoms with Crippen LogP contribution in [0.3, 0.4) is 0 Å². The SMILES string of the molecule is CC1CC(C)(C)CC1(O)Cc1cccc(F)c1Cl. The quantitative estimate of drug-likeness (QED) is 0.854. The first kappa shape index (κ1) is 13.8. The number of hydrogen-bond acceptors (Lipinski definition) is 1. The Morgan fingerprint density at radius 2 is 2.11 bits per heavy atom. The highest BCUT2D eigenvalue weighted by Gasteiger charge is 2.47. The van der Waals surface area contributed by atoms with Crippen LogP contribution in [0.4, 0.5) is 4.39 Å². The van der Waals surface area contributed by atoms with Crippen LogP contribution in [0.2, 0.25) is 5.02 Å². The van der Waals surface area contributed by atoms with E-state index in [4.69, 9.17) is 11.6 Å². The highest BCUT2D eigenvalue weighted by atomic mass is 35.5. The van der Waals surface area contributed by atoms with Crippen molar-refractivity contribution >= 4 is 11.6 Å². The van der Waals surface area contributed by atoms with Crippen molar-refractivity contribution in [1.29, 1.82) is 0 Å². The summed E-state index contributed by atoms with van der Waals surface area (Å²) < 4.78 is 13.4. The first-order valence-electron chi connectivity index (χ1n) is 6.39. The second-order valence-corrected chi connectivity index (χ2v) is 6.82. The zero-order chi connectivity index (χ0) is 13.6. The van der Waals surface area contributed by atoms with E-state index >= 15 is 0 Å². The second-order valence-electron chi connectivity index (χ2n) is 6.44. The molecule has 0 aromatic heterocycles. The average Bonchev–Trinajstić information content (AvgIpc) is 2.43. The van der Waals surface area contributed by atoms with Crippen LogP contribution < -0.4 is 0 Å². The summed E-state index contributed by atoms with van der Waals surface area (Å²) in [6.45, 7) is 6.38. The zero-order valence-electron chi connectivity index (χ0n) is 11.1. The maximum atomic E-state index is 13.4. The molecule has 0 heterocycles. The molecule has 1 saturated carbocycles. The van der Waals surface area contributed by atoms with E-state index in [9.17, 15) is 9.50 Å². The zero-order valence-corrected chi connectivity index (χ0v) is 11.9. The van der Waals surface area contributed by atoms with Crippen LogP contribution >= 0.6 is 11.6 Å². The average molecular weight is 271 g/mol. The lowest BCUT2D eigenvalue weighted by Crippen LogP contribution is -2.34. The van der Waals surface area contributed by atoms with Crippen LogP contribution in [-0.4, -0.2) is 10.7 Å². The van der Waals surface area contributed by atoms with Gasteiger partial charge in [-0.15, -0.1) is 0 Å². The first-order valence-corrected chi connectivity index (χ1v) is 6.77. The van der Waals surface area contributed by atoms with Gasteiger partial charge in [0.05, 0.1) is 10.6 Å². The molecule has 18 heavy (non-hydrogen) atoms. The topological polar surface area (TPSA) is 20.2 Å². The van der Waals surface area contributed by atoms with Gasteiger partial charge in [0.1, 0.15) is 5.82 Å². The molecular formula is C15H20ClFO. The monoisotopic (exact) mass is 270 g/mol. The standard InChI is InChI=1S/C15H20ClFO/c1-10-7-14(2,3)9-15(10,18)8-11-5-4-6-12(17)13(11)16/h4-6,10,18H,7-9H2,1-3H3. The van der Waals surface area contributed by atoms with Gasteiger partial charge < -0.3 is 5.11 Å². The van der Waals surface area contributed by atoms with Gasteiger partial charge in [-0.25, -0.2) is 4.39 Å². The van der Waals surface area contributed by atoms with Gasteiger partial charge in [-0.1, -0.05) is 44.5 Å². The highest BCUT2D eigenvalue weighted by Crippen LogP contribution is 2.49. The Morgan fingerprint density at radius 1 is 1.44 bits per heavy atom. The highest BCUT2D eigenvalue weighted by molar-refractivity contribution is 6.31. The third-order valence-corrected chi connectivity index (χ3v) is 4.51. The summed E-state index contributed by atoms with van der Waals surface area (Å²) in [5, 5.41) is 10.9. The molecule has 0 amide bonds. The lowest BCUT2D eigenvalue weighted by molar-refractivity contribution is 0.00443. The summed E-state index contributed by atoms with van der Waals surface area (Å²) in [6, 6.07) is 4.78. The molecule has 3 heteroatoms. The lowest BCUT2D eigenvalue weighted by atomic mass is 9.84. The number of hydrogen-bond donors (Lipinski definition) is 1. The van der Waals surface area contributed by atoms with Crippen LogP contribution in [0.25, 0.3) is 0 Å². The first-order chi connectivity index (χ1) is 8.23. The Hall–Kier alpha value is -0.600. The summed E-state index contributed by atoms with van der Waals surface area (Å²) >= 11 is 5.97. The van der Waals surface area contributed by atoms with Gasteiger partial charge in [-0.2, -0.15) is 0 Å². The van der Waals surface area contributed by atoms with Gasteiger partial charge in [-0.05, 0) is 35.8 Å². The maximum Gasteiger partial charge on any atom is 0.142 e. The van der Waals surface area contributed by atoms with Crippen LogP contribution in [0.1, 0.15) is 39.2 Å². The number of halogens is 2. The van der Waals surface area contributed by atoms with E-state index in [0.717, 1.165) is 12.8 Å². The van der Waals surface area contributed by atoms with E-state index in [1.807, 2.05) is 0 Å². The van der Waals surface area contributed by atoms with E-state index in [-0.39, 0.29) is 16.4 Å². The van der Waals surface area contributed by atoms with E-state index in [1.54, 1.807) is 12.1 Å². The molecule has 1 aromatic rings. The van der Waals surface area contributed by atoms with Crippen LogP contribution in [-0.2, 0) is 6.42 Å². The maximum absolute atomic E-state index is 13.4. The molecule has 2 atom stereocenters. The van der Waals surface area contributed by atoms with Gasteiger partial charge in [0, 0.05) is 6.42 Å². The molecule has 0 saturated heterocycles. The summed E-state index contributed by atoms with van der Waals surface area (Å²) in [5.41, 5.74) is 0.0539. The molecule has 2 unspecified atom stereocenters. The Kier molecular flexibility index (Phi) is 3.46. The second kappa shape index (κ2) is 4.50. The fourth-order valence-corrected chi connectivity index (χ4v) is 3.54. The molecule has 0 aliphatic heterocycles. The molecule has 1 aliphatic rings. The van der Waals surface area contributed by atoms with Gasteiger partial charge in [0.25, 0.3) is 0 Å². The van der Waals surface area contributed by atoms with Crippen LogP contribution in [0.15, 0.2) is 18.2 Å². The van der Waals surface area contributed by atoms with Gasteiger partial charge in [0.2, 0.25) is 0 Å². The Labute approximate surface area is 113 Å². The van der Waals surface area contributed by atoms with E-state index in [2.05, 4.69) is 20.8 Å². The van der Waals surface area contributed by atoms with Crippen molar-refractivity contribution in [2.75, 3.05) is 0 Å². The summed E-state index contributed by atoms with van der Waals surface area (Å²) in [4.78, 5) is 0. The van der Waals surface area contributed by atoms with Gasteiger partial charge in [0.15, 0.2) is 0 Å². The molecule has 1 aliphatic carbocycles. The van der Waals surface area contributed by atoms with Crippen molar-refractivity contribution in [2.24, 2.45) is 11.3 Å². The third-order valence-electron chi connectivity index (χ3n) is 4.09. The Morgan fingerprint density at radius 3 is 2.67 bits per heavy atom. The molecule has 1 fully saturated rings. The molecule has 1 nitrogen and oxygen atoms in total. The van der Waals surface area contributed by atoms with Crippen molar-refractivity contribution in [3.8, 4) is 0 Å². The Balaban J connectivity index is 2.26. The van der Waals surface area contributed by atoms with Gasteiger partial charge in [-0.3, -0.25) is 0 Å². The minimum Gasteiger partial charge on any atom is -0.389 e. The molecular weight excluding hydrogens is 251 g/mol.